The molecule has 2 saturated heterocycles. The molecule has 0 saturated carbocycles. The summed E-state index contributed by atoms with van der Waals surface area (Å²) in [6.07, 6.45) is 6.52. The number of hydrogen-bond acceptors (Lipinski definition) is 6. The van der Waals surface area contributed by atoms with Crippen LogP contribution in [0.15, 0.2) is 18.6 Å². The van der Waals surface area contributed by atoms with E-state index in [0.717, 1.165) is 55.7 Å². The number of rotatable bonds is 2. The minimum Gasteiger partial charge on any atom is -0.444 e. The van der Waals surface area contributed by atoms with Crippen LogP contribution < -0.4 is 4.90 Å². The minimum atomic E-state index is -0.471. The molecule has 146 valence electrons. The molecule has 4 rings (SSSR count). The second kappa shape index (κ2) is 6.98. The number of ether oxygens (including phenoxy) is 1. The van der Waals surface area contributed by atoms with E-state index >= 15 is 0 Å². The van der Waals surface area contributed by atoms with Crippen molar-refractivity contribution in [3.05, 3.63) is 18.6 Å². The monoisotopic (exact) mass is 501 g/mol. The predicted octanol–water partition coefficient (Wildman–Crippen LogP) is 4.26. The zero-order chi connectivity index (χ0) is 19.2. The van der Waals surface area contributed by atoms with Gasteiger partial charge in [0, 0.05) is 56.2 Å². The summed E-state index contributed by atoms with van der Waals surface area (Å²) in [6, 6.07) is 2.07. The number of halogens is 1. The van der Waals surface area contributed by atoms with Crippen LogP contribution in [0.5, 0.6) is 0 Å². The summed E-state index contributed by atoms with van der Waals surface area (Å²) in [5.74, 6) is 0.958. The lowest BCUT2D eigenvalue weighted by Gasteiger charge is -2.56. The number of anilines is 1. The Balaban J connectivity index is 1.59. The Morgan fingerprint density at radius 2 is 2.11 bits per heavy atom. The molecule has 1 atom stereocenters. The van der Waals surface area contributed by atoms with Crippen LogP contribution in [0.3, 0.4) is 0 Å². The fourth-order valence-electron chi connectivity index (χ4n) is 4.08. The van der Waals surface area contributed by atoms with Crippen LogP contribution in [0.2, 0.25) is 0 Å². The van der Waals surface area contributed by atoms with Crippen molar-refractivity contribution in [2.45, 2.75) is 51.2 Å². The van der Waals surface area contributed by atoms with Crippen LogP contribution in [0.25, 0.3) is 11.0 Å². The maximum atomic E-state index is 12.7. The third-order valence-electron chi connectivity index (χ3n) is 5.34. The van der Waals surface area contributed by atoms with Gasteiger partial charge < -0.3 is 14.5 Å². The van der Waals surface area contributed by atoms with E-state index in [-0.39, 0.29) is 11.6 Å². The lowest BCUT2D eigenvalue weighted by molar-refractivity contribution is -0.0495. The molecular weight excluding hydrogens is 477 g/mol. The maximum Gasteiger partial charge on any atom is 0.410 e. The van der Waals surface area contributed by atoms with Crippen molar-refractivity contribution in [3.63, 3.8) is 0 Å². The number of amides is 1. The Morgan fingerprint density at radius 3 is 2.78 bits per heavy atom. The Labute approximate surface area is 175 Å². The van der Waals surface area contributed by atoms with Gasteiger partial charge in [-0.05, 0) is 46.1 Å². The second-order valence-electron chi connectivity index (χ2n) is 8.28. The van der Waals surface area contributed by atoms with Crippen LogP contribution in [0.1, 0.15) is 40.0 Å². The Bertz CT molecular complexity index is 867. The van der Waals surface area contributed by atoms with Gasteiger partial charge in [-0.15, -0.1) is 0 Å². The highest BCUT2D eigenvalue weighted by Crippen LogP contribution is 2.41. The van der Waals surface area contributed by atoms with Gasteiger partial charge in [0.1, 0.15) is 17.7 Å². The molecule has 0 radical (unpaired) electrons. The van der Waals surface area contributed by atoms with E-state index in [2.05, 4.69) is 42.1 Å². The maximum absolute atomic E-state index is 12.7. The number of aromatic nitrogens is 3. The molecule has 2 fully saturated rings. The number of piperidine rings is 1. The van der Waals surface area contributed by atoms with Gasteiger partial charge >= 0.3 is 6.09 Å². The molecule has 7 nitrogen and oxygen atoms in total. The summed E-state index contributed by atoms with van der Waals surface area (Å²) in [5, 5.41) is 1.06. The molecule has 2 aromatic heterocycles. The lowest BCUT2D eigenvalue weighted by Crippen LogP contribution is -2.69. The first kappa shape index (κ1) is 19.1. The van der Waals surface area contributed by atoms with Crippen molar-refractivity contribution < 1.29 is 9.53 Å². The molecule has 4 heterocycles. The molecule has 2 aliphatic heterocycles. The number of carbonyl (C=O) groups is 1. The van der Waals surface area contributed by atoms with Crippen LogP contribution in [-0.2, 0) is 4.74 Å². The van der Waals surface area contributed by atoms with Crippen molar-refractivity contribution >= 4 is 53.3 Å². The van der Waals surface area contributed by atoms with E-state index in [9.17, 15) is 4.79 Å². The topological polar surface area (TPSA) is 63.5 Å². The van der Waals surface area contributed by atoms with Crippen LogP contribution in [0, 0.1) is 0 Å². The second-order valence-corrected chi connectivity index (χ2v) is 9.99. The molecule has 0 aliphatic carbocycles. The Hall–Kier alpha value is -1.23. The summed E-state index contributed by atoms with van der Waals surface area (Å²) in [4.78, 5) is 25.9. The molecule has 0 bridgehead atoms. The first-order chi connectivity index (χ1) is 12.8. The highest BCUT2D eigenvalue weighted by atomic mass is 127. The molecule has 9 heteroatoms. The molecule has 27 heavy (non-hydrogen) atoms. The number of hydrogen-bond donors (Lipinski definition) is 0. The lowest BCUT2D eigenvalue weighted by atomic mass is 9.78. The van der Waals surface area contributed by atoms with E-state index < -0.39 is 5.60 Å². The third kappa shape index (κ3) is 3.48. The highest BCUT2D eigenvalue weighted by molar-refractivity contribution is 14.2. The van der Waals surface area contributed by atoms with Crippen molar-refractivity contribution in [3.8, 4) is 0 Å². The summed E-state index contributed by atoms with van der Waals surface area (Å²) >= 11 is 2.25. The number of likely N-dealkylation sites (tertiary alicyclic amines) is 1. The van der Waals surface area contributed by atoms with Crippen LogP contribution in [-0.4, -0.2) is 55.7 Å². The van der Waals surface area contributed by atoms with Gasteiger partial charge in [0.05, 0.1) is 10.9 Å². The van der Waals surface area contributed by atoms with E-state index in [4.69, 9.17) is 4.74 Å². The van der Waals surface area contributed by atoms with E-state index in [1.807, 2.05) is 35.8 Å². The summed E-state index contributed by atoms with van der Waals surface area (Å²) < 4.78 is 7.67. The quantitative estimate of drug-likeness (QED) is 0.574. The predicted molar refractivity (Wildman–Crippen MR) is 116 cm³/mol. The average molecular weight is 501 g/mol. The zero-order valence-corrected chi connectivity index (χ0v) is 18.8. The third-order valence-corrected chi connectivity index (χ3v) is 7.06. The summed E-state index contributed by atoms with van der Waals surface area (Å²) in [7, 11) is 1.59. The molecule has 2 aliphatic rings. The zero-order valence-electron chi connectivity index (χ0n) is 15.8. The van der Waals surface area contributed by atoms with Gasteiger partial charge in [-0.1, -0.05) is 0 Å². The van der Waals surface area contributed by atoms with Gasteiger partial charge in [0.25, 0.3) is 0 Å². The normalized spacial score (nSPS) is 23.0. The van der Waals surface area contributed by atoms with Crippen molar-refractivity contribution in [1.29, 1.82) is 0 Å². The van der Waals surface area contributed by atoms with Crippen LogP contribution in [0.4, 0.5) is 10.6 Å². The van der Waals surface area contributed by atoms with Gasteiger partial charge in [0.2, 0.25) is 0 Å². The number of carbonyl (C=O) groups excluding carboxylic acids is 1. The molecule has 2 aromatic rings. The van der Waals surface area contributed by atoms with Crippen molar-refractivity contribution in [2.24, 2.45) is 0 Å². The van der Waals surface area contributed by atoms with E-state index in [0.29, 0.717) is 0 Å². The van der Waals surface area contributed by atoms with Crippen LogP contribution >= 0.6 is 30.3 Å². The fraction of sp³-hybridized carbons (Fsp3) is 0.611. The first-order valence-corrected chi connectivity index (χ1v) is 12.5. The smallest absolute Gasteiger partial charge is 0.410 e. The van der Waals surface area contributed by atoms with Gasteiger partial charge in [-0.3, -0.25) is 3.97 Å². The number of nitrogens with zero attached hydrogens (tertiary/aromatic N) is 5. The van der Waals surface area contributed by atoms with E-state index in [1.165, 1.54) is 0 Å². The largest absolute Gasteiger partial charge is 0.444 e. The number of fused-ring (bicyclic) bond motifs is 1. The standard InChI is InChI=1S/C18H24IN5O2S/c1-17(2,3)26-16(25)23-10-7-18(23)6-4-8-22(11-18)14-13-5-9-24(27-19)15(13)21-12-20-14/h5,9,12H,4,6-8,10-11H2,1-3H3. The van der Waals surface area contributed by atoms with Gasteiger partial charge in [-0.2, -0.15) is 0 Å². The molecule has 0 aromatic carbocycles. The SMILES string of the molecule is CC(C)(C)OC(=O)N1CCC12CCCN(c1ncnc3c1ccn3SI)C2. The van der Waals surface area contributed by atoms with E-state index in [1.54, 1.807) is 15.4 Å². The molecule has 0 N–H and O–H groups in total. The highest BCUT2D eigenvalue weighted by Gasteiger charge is 2.51. The molecule has 1 spiro atoms. The molecular formula is C18H24IN5O2S. The Kier molecular flexibility index (Phi) is 4.94. The van der Waals surface area contributed by atoms with Gasteiger partial charge in [0.15, 0.2) is 5.65 Å². The minimum absolute atomic E-state index is 0.140. The first-order valence-electron chi connectivity index (χ1n) is 9.20. The molecule has 1 unspecified atom stereocenters. The summed E-state index contributed by atoms with van der Waals surface area (Å²) in [5.41, 5.74) is 0.316. The van der Waals surface area contributed by atoms with Crippen molar-refractivity contribution in [1.82, 2.24) is 18.8 Å². The fourth-order valence-corrected chi connectivity index (χ4v) is 5.35. The Morgan fingerprint density at radius 1 is 1.30 bits per heavy atom. The summed E-state index contributed by atoms with van der Waals surface area (Å²) in [6.45, 7) is 8.25. The average Bonchev–Trinajstić information content (AvgIpc) is 3.02. The molecule has 1 amide bonds. The van der Waals surface area contributed by atoms with Gasteiger partial charge in [-0.25, -0.2) is 14.8 Å². The van der Waals surface area contributed by atoms with Crippen molar-refractivity contribution in [2.75, 3.05) is 24.5 Å².